The van der Waals surface area contributed by atoms with Crippen LogP contribution in [0.4, 0.5) is 0 Å². The summed E-state index contributed by atoms with van der Waals surface area (Å²) in [6.07, 6.45) is -1.70. The smallest absolute Gasteiger partial charge is 0.197 e. The van der Waals surface area contributed by atoms with Crippen LogP contribution in [0.5, 0.6) is 0 Å². The van der Waals surface area contributed by atoms with Gasteiger partial charge in [0.2, 0.25) is 0 Å². The topological polar surface area (TPSA) is 70.5 Å². The van der Waals surface area contributed by atoms with E-state index in [-0.39, 0.29) is 12.2 Å². The summed E-state index contributed by atoms with van der Waals surface area (Å²) in [4.78, 5) is 0. The fraction of sp³-hybridized carbons (Fsp3) is 0.310. The first-order valence-corrected chi connectivity index (χ1v) is 12.8. The van der Waals surface area contributed by atoms with Crippen LogP contribution in [0.1, 0.15) is 28.7 Å². The van der Waals surface area contributed by atoms with Gasteiger partial charge in [-0.05, 0) is 35.8 Å². The molecular weight excluding hydrogens is 486 g/mol. The molecule has 1 fully saturated rings. The van der Waals surface area contributed by atoms with E-state index >= 15 is 0 Å². The molecule has 4 atom stereocenters. The Morgan fingerprint density at radius 3 is 1.81 bits per heavy atom. The van der Waals surface area contributed by atoms with Crippen molar-refractivity contribution in [3.8, 4) is 0 Å². The van der Waals surface area contributed by atoms with Crippen molar-refractivity contribution >= 4 is 12.2 Å². The number of aromatic nitrogens is 3. The summed E-state index contributed by atoms with van der Waals surface area (Å²) in [7, 11) is 0. The highest BCUT2D eigenvalue weighted by Gasteiger charge is 2.48. The summed E-state index contributed by atoms with van der Waals surface area (Å²) in [6, 6.07) is 30.3. The third-order valence-electron chi connectivity index (χ3n) is 6.38. The summed E-state index contributed by atoms with van der Waals surface area (Å²) in [5.41, 5.74) is 3.25. The largest absolute Gasteiger partial charge is 0.374 e. The number of aromatic amines is 1. The number of hydrogen-bond donors (Lipinski definition) is 1. The fourth-order valence-electron chi connectivity index (χ4n) is 4.51. The average Bonchev–Trinajstić information content (AvgIpc) is 3.45. The van der Waals surface area contributed by atoms with Crippen molar-refractivity contribution in [1.29, 1.82) is 0 Å². The first-order valence-electron chi connectivity index (χ1n) is 12.4. The van der Waals surface area contributed by atoms with Gasteiger partial charge in [-0.15, -0.1) is 0 Å². The van der Waals surface area contributed by atoms with Crippen molar-refractivity contribution in [1.82, 2.24) is 14.8 Å². The van der Waals surface area contributed by atoms with Gasteiger partial charge in [0.05, 0.1) is 26.4 Å². The van der Waals surface area contributed by atoms with Crippen LogP contribution in [0, 0.1) is 11.7 Å². The van der Waals surface area contributed by atoms with E-state index in [9.17, 15) is 0 Å². The van der Waals surface area contributed by atoms with Crippen molar-refractivity contribution in [2.24, 2.45) is 0 Å². The second kappa shape index (κ2) is 12.4. The lowest BCUT2D eigenvalue weighted by Crippen LogP contribution is -2.38. The molecule has 0 amide bonds. The molecule has 0 saturated carbocycles. The number of ether oxygens (including phenoxy) is 4. The zero-order valence-corrected chi connectivity index (χ0v) is 21.6. The zero-order chi connectivity index (χ0) is 25.5. The van der Waals surface area contributed by atoms with Crippen LogP contribution in [0.15, 0.2) is 91.0 Å². The number of rotatable bonds is 11. The van der Waals surface area contributed by atoms with E-state index in [1.807, 2.05) is 102 Å². The van der Waals surface area contributed by atoms with Crippen LogP contribution in [-0.2, 0) is 38.8 Å². The van der Waals surface area contributed by atoms with Crippen molar-refractivity contribution < 1.29 is 18.9 Å². The van der Waals surface area contributed by atoms with Crippen molar-refractivity contribution in [2.45, 2.75) is 51.3 Å². The Bertz CT molecular complexity index is 1300. The SMILES string of the molecule is Cc1n[nH]c(=S)n1[C@@H]1O[C@H](COCc2ccccc2)[C@@H](OCc2ccccc2)[C@H]1OCc1ccccc1. The molecule has 0 aliphatic carbocycles. The van der Waals surface area contributed by atoms with Crippen LogP contribution in [-0.4, -0.2) is 39.7 Å². The van der Waals surface area contributed by atoms with Gasteiger partial charge < -0.3 is 18.9 Å². The van der Waals surface area contributed by atoms with E-state index in [4.69, 9.17) is 31.2 Å². The Hall–Kier alpha value is -3.14. The molecule has 1 N–H and O–H groups in total. The molecule has 4 aromatic rings. The molecule has 192 valence electrons. The molecule has 1 aliphatic rings. The highest BCUT2D eigenvalue weighted by atomic mass is 32.1. The number of nitrogens with one attached hydrogen (secondary N) is 1. The Balaban J connectivity index is 1.39. The number of benzene rings is 3. The van der Waals surface area contributed by atoms with E-state index in [1.54, 1.807) is 0 Å². The van der Waals surface area contributed by atoms with E-state index in [2.05, 4.69) is 10.2 Å². The molecule has 0 unspecified atom stereocenters. The molecule has 37 heavy (non-hydrogen) atoms. The highest BCUT2D eigenvalue weighted by molar-refractivity contribution is 7.71. The number of hydrogen-bond acceptors (Lipinski definition) is 6. The summed E-state index contributed by atoms with van der Waals surface area (Å²) >= 11 is 5.55. The Labute approximate surface area is 222 Å². The van der Waals surface area contributed by atoms with Crippen LogP contribution in [0.2, 0.25) is 0 Å². The summed E-state index contributed by atoms with van der Waals surface area (Å²) in [6.45, 7) is 3.57. The van der Waals surface area contributed by atoms with Crippen molar-refractivity contribution in [2.75, 3.05) is 6.61 Å². The van der Waals surface area contributed by atoms with Crippen LogP contribution >= 0.6 is 12.2 Å². The van der Waals surface area contributed by atoms with Gasteiger partial charge in [-0.2, -0.15) is 5.10 Å². The first-order chi connectivity index (χ1) is 18.2. The van der Waals surface area contributed by atoms with Crippen LogP contribution in [0.25, 0.3) is 0 Å². The van der Waals surface area contributed by atoms with Gasteiger partial charge in [0.1, 0.15) is 24.1 Å². The summed E-state index contributed by atoms with van der Waals surface area (Å²) < 4.78 is 28.0. The van der Waals surface area contributed by atoms with Gasteiger partial charge in [-0.1, -0.05) is 91.0 Å². The van der Waals surface area contributed by atoms with Crippen LogP contribution < -0.4 is 0 Å². The van der Waals surface area contributed by atoms with Gasteiger partial charge in [-0.3, -0.25) is 9.67 Å². The molecule has 1 aromatic heterocycles. The molecule has 8 heteroatoms. The van der Waals surface area contributed by atoms with Gasteiger partial charge in [0.25, 0.3) is 0 Å². The monoisotopic (exact) mass is 517 g/mol. The Kier molecular flexibility index (Phi) is 8.55. The normalized spacial score (nSPS) is 21.3. The summed E-state index contributed by atoms with van der Waals surface area (Å²) in [5.74, 6) is 0.718. The molecule has 3 aromatic carbocycles. The maximum atomic E-state index is 6.57. The minimum Gasteiger partial charge on any atom is -0.374 e. The second-order valence-corrected chi connectivity index (χ2v) is 9.42. The lowest BCUT2D eigenvalue weighted by atomic mass is 10.1. The molecular formula is C29H31N3O4S. The number of aryl methyl sites for hydroxylation is 1. The molecule has 0 bridgehead atoms. The standard InChI is InChI=1S/C29H31N3O4S/c1-21-30-31-29(37)32(21)28-27(35-19-24-15-9-4-10-16-24)26(34-18-23-13-7-3-8-14-23)25(36-28)20-33-17-22-11-5-2-6-12-22/h2-16,25-28H,17-20H2,1H3,(H,31,37)/t25-,26-,27-,28-/m1/s1. The van der Waals surface area contributed by atoms with Gasteiger partial charge in [0, 0.05) is 0 Å². The average molecular weight is 518 g/mol. The molecule has 0 radical (unpaired) electrons. The van der Waals surface area contributed by atoms with E-state index in [0.29, 0.717) is 31.2 Å². The zero-order valence-electron chi connectivity index (χ0n) is 20.7. The minimum absolute atomic E-state index is 0.347. The second-order valence-electron chi connectivity index (χ2n) is 9.03. The molecule has 0 spiro atoms. The number of nitrogens with zero attached hydrogens (tertiary/aromatic N) is 2. The predicted molar refractivity (Wildman–Crippen MR) is 142 cm³/mol. The summed E-state index contributed by atoms with van der Waals surface area (Å²) in [5, 5.41) is 7.17. The van der Waals surface area contributed by atoms with Crippen molar-refractivity contribution in [3.63, 3.8) is 0 Å². The number of H-pyrrole nitrogens is 1. The Morgan fingerprint density at radius 1 is 0.784 bits per heavy atom. The lowest BCUT2D eigenvalue weighted by molar-refractivity contribution is -0.0920. The van der Waals surface area contributed by atoms with E-state index in [1.165, 1.54) is 0 Å². The van der Waals surface area contributed by atoms with E-state index in [0.717, 1.165) is 22.5 Å². The lowest BCUT2D eigenvalue weighted by Gasteiger charge is -2.25. The fourth-order valence-corrected chi connectivity index (χ4v) is 4.79. The molecule has 2 heterocycles. The maximum Gasteiger partial charge on any atom is 0.197 e. The Morgan fingerprint density at radius 2 is 1.30 bits per heavy atom. The first kappa shape index (κ1) is 25.5. The highest BCUT2D eigenvalue weighted by Crippen LogP contribution is 2.36. The van der Waals surface area contributed by atoms with Gasteiger partial charge in [-0.25, -0.2) is 0 Å². The van der Waals surface area contributed by atoms with Crippen molar-refractivity contribution in [3.05, 3.63) is 118 Å². The predicted octanol–water partition coefficient (Wildman–Crippen LogP) is 5.53. The quantitative estimate of drug-likeness (QED) is 0.264. The third kappa shape index (κ3) is 6.41. The minimum atomic E-state index is -0.513. The van der Waals surface area contributed by atoms with E-state index < -0.39 is 12.3 Å². The third-order valence-corrected chi connectivity index (χ3v) is 6.67. The van der Waals surface area contributed by atoms with Gasteiger partial charge >= 0.3 is 0 Å². The van der Waals surface area contributed by atoms with Crippen LogP contribution in [0.3, 0.4) is 0 Å². The maximum absolute atomic E-state index is 6.57. The molecule has 1 aliphatic heterocycles. The molecule has 5 rings (SSSR count). The molecule has 7 nitrogen and oxygen atoms in total. The molecule has 1 saturated heterocycles. The van der Waals surface area contributed by atoms with Gasteiger partial charge in [0.15, 0.2) is 11.0 Å².